The molecule has 0 amide bonds. The first kappa shape index (κ1) is 21.6. The molecule has 0 bridgehead atoms. The largest absolute Gasteiger partial charge is 0.459 e. The topological polar surface area (TPSA) is 26.3 Å². The Morgan fingerprint density at radius 2 is 1.86 bits per heavy atom. The second kappa shape index (κ2) is 10.6. The van der Waals surface area contributed by atoms with E-state index in [0.29, 0.717) is 0 Å². The summed E-state index contributed by atoms with van der Waals surface area (Å²) >= 11 is 5.75. The number of allylic oxidation sites excluding steroid dienone is 1. The summed E-state index contributed by atoms with van der Waals surface area (Å²) in [5, 5.41) is 0.284. The Kier molecular flexibility index (Phi) is 8.16. The van der Waals surface area contributed by atoms with Crippen LogP contribution in [-0.2, 0) is 4.74 Å². The van der Waals surface area contributed by atoms with E-state index in [1.54, 1.807) is 0 Å². The summed E-state index contributed by atoms with van der Waals surface area (Å²) in [6, 6.07) is 8.48. The van der Waals surface area contributed by atoms with Gasteiger partial charge in [-0.2, -0.15) is 0 Å². The minimum atomic E-state index is -0.612. The molecule has 1 saturated heterocycles. The molecule has 1 aromatic rings. The van der Waals surface area contributed by atoms with E-state index in [1.165, 1.54) is 55.9 Å². The van der Waals surface area contributed by atoms with E-state index in [4.69, 9.17) is 16.3 Å². The molecule has 0 unspecified atom stereocenters. The van der Waals surface area contributed by atoms with Crippen molar-refractivity contribution in [2.24, 2.45) is 11.8 Å². The summed E-state index contributed by atoms with van der Waals surface area (Å²) in [5.41, 5.74) is -0.0232. The fourth-order valence-electron chi connectivity index (χ4n) is 4.81. The lowest BCUT2D eigenvalue weighted by Crippen LogP contribution is -2.31. The lowest BCUT2D eigenvalue weighted by atomic mass is 9.76. The van der Waals surface area contributed by atoms with Gasteiger partial charge < -0.3 is 4.74 Å². The lowest BCUT2D eigenvalue weighted by Gasteiger charge is -2.37. The van der Waals surface area contributed by atoms with Crippen LogP contribution >= 0.6 is 11.6 Å². The van der Waals surface area contributed by atoms with E-state index in [0.717, 1.165) is 43.6 Å². The average Bonchev–Trinajstić information content (AvgIpc) is 2.69. The van der Waals surface area contributed by atoms with E-state index >= 15 is 0 Å². The average molecular weight is 422 g/mol. The third-order valence-corrected chi connectivity index (χ3v) is 9.77. The van der Waals surface area contributed by atoms with Crippen molar-refractivity contribution >= 4 is 26.4 Å². The highest BCUT2D eigenvalue weighted by Gasteiger charge is 2.32. The Labute approximate surface area is 175 Å². The first-order valence-electron chi connectivity index (χ1n) is 10.7. The van der Waals surface area contributed by atoms with Crippen LogP contribution in [-0.4, -0.2) is 20.9 Å². The van der Waals surface area contributed by atoms with Gasteiger partial charge >= 0.3 is 5.97 Å². The van der Waals surface area contributed by atoms with E-state index in [2.05, 4.69) is 6.58 Å². The Morgan fingerprint density at radius 1 is 1.18 bits per heavy atom. The number of unbranched alkanes of at least 4 members (excludes halogenated alkanes) is 1. The van der Waals surface area contributed by atoms with Gasteiger partial charge in [-0.3, -0.25) is 0 Å². The number of ether oxygens (including phenoxy) is 1. The summed E-state index contributed by atoms with van der Waals surface area (Å²) in [7, 11) is -0.117. The fourth-order valence-corrected chi connectivity index (χ4v) is 7.98. The molecule has 1 radical (unpaired) electrons. The molecule has 28 heavy (non-hydrogen) atoms. The highest BCUT2D eigenvalue weighted by atomic mass is 35.5. The summed E-state index contributed by atoms with van der Waals surface area (Å²) in [5.74, 6) is 0.457. The van der Waals surface area contributed by atoms with Crippen LogP contribution < -0.4 is 0 Å². The van der Waals surface area contributed by atoms with Crippen LogP contribution in [0.3, 0.4) is 0 Å². The molecule has 2 fully saturated rings. The molecular weight excluding hydrogens is 391 g/mol. The molecule has 5 heteroatoms. The van der Waals surface area contributed by atoms with Crippen LogP contribution in [0.1, 0.15) is 61.7 Å². The molecular formula is C23H31ClFO2Si. The van der Waals surface area contributed by atoms with Crippen molar-refractivity contribution < 1.29 is 13.9 Å². The van der Waals surface area contributed by atoms with Gasteiger partial charge in [-0.25, -0.2) is 9.18 Å². The molecule has 153 valence electrons. The standard InChI is InChI=1S/C23H31ClFO2Si/c1-2-3-4-13-28-14-11-18(12-15-28)17-5-8-20(9-6-17)27-23(26)21-10-7-19(24)16-22(21)25/h2,7,10,16-18,20H,1,3-6,8-9,11-15H2. The Morgan fingerprint density at radius 3 is 2.50 bits per heavy atom. The predicted octanol–water partition coefficient (Wildman–Crippen LogP) is 7.07. The van der Waals surface area contributed by atoms with E-state index in [1.807, 2.05) is 6.08 Å². The summed E-state index contributed by atoms with van der Waals surface area (Å²) < 4.78 is 19.5. The Balaban J connectivity index is 1.40. The zero-order chi connectivity index (χ0) is 19.9. The lowest BCUT2D eigenvalue weighted by molar-refractivity contribution is 0.0122. The Hall–Kier alpha value is -1.13. The minimum absolute atomic E-state index is 0.0232. The summed E-state index contributed by atoms with van der Waals surface area (Å²) in [6.07, 6.45) is 11.3. The van der Waals surface area contributed by atoms with Gasteiger partial charge in [-0.15, -0.1) is 6.58 Å². The molecule has 0 atom stereocenters. The number of hydrogen-bond acceptors (Lipinski definition) is 2. The molecule has 0 N–H and O–H groups in total. The third kappa shape index (κ3) is 5.93. The van der Waals surface area contributed by atoms with Crippen molar-refractivity contribution in [3.05, 3.63) is 47.3 Å². The van der Waals surface area contributed by atoms with Gasteiger partial charge in [0.05, 0.1) is 5.56 Å². The van der Waals surface area contributed by atoms with Crippen LogP contribution in [0.5, 0.6) is 0 Å². The van der Waals surface area contributed by atoms with Crippen LogP contribution in [0, 0.1) is 17.7 Å². The molecule has 1 aliphatic carbocycles. The monoisotopic (exact) mass is 421 g/mol. The quantitative estimate of drug-likeness (QED) is 0.204. The van der Waals surface area contributed by atoms with Crippen molar-refractivity contribution in [1.82, 2.24) is 0 Å². The number of esters is 1. The normalized spacial score (nSPS) is 24.1. The van der Waals surface area contributed by atoms with Gasteiger partial charge in [0.2, 0.25) is 0 Å². The molecule has 1 aromatic carbocycles. The molecule has 0 aromatic heterocycles. The second-order valence-corrected chi connectivity index (χ2v) is 11.8. The first-order chi connectivity index (χ1) is 13.6. The number of carbonyl (C=O) groups excluding carboxylic acids is 1. The van der Waals surface area contributed by atoms with Gasteiger partial charge in [0.1, 0.15) is 11.9 Å². The van der Waals surface area contributed by atoms with E-state index in [-0.39, 0.29) is 25.5 Å². The molecule has 3 rings (SSSR count). The number of rotatable bonds is 7. The van der Waals surface area contributed by atoms with Crippen molar-refractivity contribution in [3.63, 3.8) is 0 Å². The molecule has 2 nitrogen and oxygen atoms in total. The van der Waals surface area contributed by atoms with Crippen LogP contribution in [0.2, 0.25) is 23.2 Å². The molecule has 2 aliphatic rings. The maximum atomic E-state index is 13.9. The van der Waals surface area contributed by atoms with Crippen molar-refractivity contribution in [2.45, 2.75) is 75.6 Å². The first-order valence-corrected chi connectivity index (χ1v) is 13.2. The van der Waals surface area contributed by atoms with Gasteiger partial charge in [0, 0.05) is 13.8 Å². The van der Waals surface area contributed by atoms with Gasteiger partial charge in [-0.1, -0.05) is 55.1 Å². The summed E-state index contributed by atoms with van der Waals surface area (Å²) in [4.78, 5) is 12.3. The van der Waals surface area contributed by atoms with Crippen LogP contribution in [0.15, 0.2) is 30.9 Å². The molecule has 1 heterocycles. The van der Waals surface area contributed by atoms with Gasteiger partial charge in [0.25, 0.3) is 0 Å². The van der Waals surface area contributed by atoms with Crippen molar-refractivity contribution in [2.75, 3.05) is 0 Å². The molecule has 0 spiro atoms. The number of benzene rings is 1. The van der Waals surface area contributed by atoms with Crippen molar-refractivity contribution in [1.29, 1.82) is 0 Å². The third-order valence-electron chi connectivity index (χ3n) is 6.49. The summed E-state index contributed by atoms with van der Waals surface area (Å²) in [6.45, 7) is 3.82. The minimum Gasteiger partial charge on any atom is -0.459 e. The highest BCUT2D eigenvalue weighted by Crippen LogP contribution is 2.40. The zero-order valence-electron chi connectivity index (χ0n) is 16.6. The van der Waals surface area contributed by atoms with E-state index in [9.17, 15) is 9.18 Å². The number of carbonyl (C=O) groups is 1. The molecule has 1 aliphatic heterocycles. The van der Waals surface area contributed by atoms with Crippen LogP contribution in [0.25, 0.3) is 0 Å². The van der Waals surface area contributed by atoms with Gasteiger partial charge in [-0.05, 0) is 62.1 Å². The van der Waals surface area contributed by atoms with Crippen LogP contribution in [0.4, 0.5) is 4.39 Å². The molecule has 1 saturated carbocycles. The zero-order valence-corrected chi connectivity index (χ0v) is 18.4. The smallest absolute Gasteiger partial charge is 0.341 e. The predicted molar refractivity (Wildman–Crippen MR) is 115 cm³/mol. The Bertz CT molecular complexity index is 665. The number of halogens is 2. The fraction of sp³-hybridized carbons (Fsp3) is 0.609. The number of hydrogen-bond donors (Lipinski definition) is 0. The second-order valence-electron chi connectivity index (χ2n) is 8.33. The SMILES string of the molecule is C=CCCC[Si]1CCC(C2CCC(OC(=O)c3ccc(Cl)cc3F)CC2)CC1. The van der Waals surface area contributed by atoms with Crippen molar-refractivity contribution in [3.8, 4) is 0 Å². The maximum absolute atomic E-state index is 13.9. The maximum Gasteiger partial charge on any atom is 0.341 e. The highest BCUT2D eigenvalue weighted by molar-refractivity contribution is 6.58. The van der Waals surface area contributed by atoms with Gasteiger partial charge in [0.15, 0.2) is 0 Å². The van der Waals surface area contributed by atoms with E-state index < -0.39 is 11.8 Å².